The summed E-state index contributed by atoms with van der Waals surface area (Å²) in [6, 6.07) is 4.37. The zero-order valence-corrected chi connectivity index (χ0v) is 18.8. The molecule has 0 bridgehead atoms. The Morgan fingerprint density at radius 1 is 1.26 bits per heavy atom. The van der Waals surface area contributed by atoms with E-state index in [9.17, 15) is 5.11 Å². The van der Waals surface area contributed by atoms with E-state index in [-0.39, 0.29) is 11.0 Å². The summed E-state index contributed by atoms with van der Waals surface area (Å²) in [5.41, 5.74) is 3.02. The van der Waals surface area contributed by atoms with Crippen molar-refractivity contribution in [1.29, 1.82) is 0 Å². The molecule has 0 aliphatic carbocycles. The summed E-state index contributed by atoms with van der Waals surface area (Å²) < 4.78 is 6.32. The summed E-state index contributed by atoms with van der Waals surface area (Å²) in [6.45, 7) is 13.2. The van der Waals surface area contributed by atoms with E-state index in [1.807, 2.05) is 0 Å². The molecule has 3 nitrogen and oxygen atoms in total. The van der Waals surface area contributed by atoms with E-state index in [0.29, 0.717) is 6.54 Å². The molecule has 1 heterocycles. The van der Waals surface area contributed by atoms with Crippen LogP contribution in [-0.2, 0) is 5.41 Å². The van der Waals surface area contributed by atoms with Gasteiger partial charge in [0.15, 0.2) is 0 Å². The fourth-order valence-electron chi connectivity index (χ4n) is 3.70. The summed E-state index contributed by atoms with van der Waals surface area (Å²) in [5, 5.41) is 9.64. The van der Waals surface area contributed by atoms with Crippen LogP contribution in [0.2, 0.25) is 0 Å². The number of rotatable bonds is 8. The molecule has 1 unspecified atom stereocenters. The van der Waals surface area contributed by atoms with Crippen LogP contribution in [0, 0.1) is 0 Å². The quantitative estimate of drug-likeness (QED) is 0.424. The normalized spacial score (nSPS) is 18.9. The molecule has 1 N–H and O–H groups in total. The Morgan fingerprint density at radius 3 is 2.59 bits per heavy atom. The maximum Gasteiger partial charge on any atom is 0.130 e. The summed E-state index contributed by atoms with van der Waals surface area (Å²) in [5.74, 6) is 0.875. The van der Waals surface area contributed by atoms with Crippen LogP contribution in [0.25, 0.3) is 0 Å². The minimum Gasteiger partial charge on any atom is -0.487 e. The van der Waals surface area contributed by atoms with Gasteiger partial charge in [0.25, 0.3) is 0 Å². The molecule has 1 aliphatic heterocycles. The molecule has 1 aliphatic rings. The molecule has 0 fully saturated rings. The molecular weight excluding hydrogens is 354 g/mol. The standard InChI is InChI=1S/C23H37NO2S/c1-7-8-9-10-11-22(3,4)17-12-19-21(20(27)13-17)18(24-15-16(2)25)14-23(5,6)26-19/h12-13,16,25,27H,7-11,14-15H2,1-6H3. The smallest absolute Gasteiger partial charge is 0.130 e. The van der Waals surface area contributed by atoms with Gasteiger partial charge in [-0.05, 0) is 50.3 Å². The Balaban J connectivity index is 2.36. The second kappa shape index (κ2) is 9.00. The average Bonchev–Trinajstić information content (AvgIpc) is 2.55. The van der Waals surface area contributed by atoms with Crippen molar-refractivity contribution in [2.45, 2.75) is 102 Å². The Labute approximate surface area is 171 Å². The molecular formula is C23H37NO2S. The largest absolute Gasteiger partial charge is 0.487 e. The Kier molecular flexibility index (Phi) is 7.43. The van der Waals surface area contributed by atoms with Crippen LogP contribution in [0.3, 0.4) is 0 Å². The molecule has 1 aromatic carbocycles. The number of fused-ring (bicyclic) bond motifs is 1. The lowest BCUT2D eigenvalue weighted by molar-refractivity contribution is 0.110. The third kappa shape index (κ3) is 5.99. The van der Waals surface area contributed by atoms with Gasteiger partial charge < -0.3 is 9.84 Å². The van der Waals surface area contributed by atoms with E-state index in [4.69, 9.17) is 17.4 Å². The molecule has 152 valence electrons. The molecule has 0 aromatic heterocycles. The van der Waals surface area contributed by atoms with Crippen LogP contribution in [0.5, 0.6) is 5.75 Å². The minimum absolute atomic E-state index is 0.0854. The maximum atomic E-state index is 9.64. The van der Waals surface area contributed by atoms with Gasteiger partial charge in [0.1, 0.15) is 11.4 Å². The van der Waals surface area contributed by atoms with Crippen LogP contribution in [0.1, 0.15) is 91.2 Å². The van der Waals surface area contributed by atoms with Gasteiger partial charge in [0, 0.05) is 11.3 Å². The van der Waals surface area contributed by atoms with Crippen molar-refractivity contribution in [3.63, 3.8) is 0 Å². The summed E-state index contributed by atoms with van der Waals surface area (Å²) in [4.78, 5) is 5.60. The van der Waals surface area contributed by atoms with Crippen LogP contribution in [0.4, 0.5) is 0 Å². The molecule has 1 atom stereocenters. The monoisotopic (exact) mass is 391 g/mol. The molecule has 0 spiro atoms. The SMILES string of the molecule is CCCCCCC(C)(C)c1cc(S)c2c(c1)OC(C)(C)CC2=NCC(C)O. The first kappa shape index (κ1) is 22.3. The van der Waals surface area contributed by atoms with Gasteiger partial charge in [-0.1, -0.05) is 46.5 Å². The number of nitrogens with zero attached hydrogens (tertiary/aromatic N) is 1. The van der Waals surface area contributed by atoms with Crippen molar-refractivity contribution in [1.82, 2.24) is 0 Å². The minimum atomic E-state index is -0.448. The van der Waals surface area contributed by atoms with Gasteiger partial charge in [0.05, 0.1) is 23.9 Å². The Morgan fingerprint density at radius 2 is 1.96 bits per heavy atom. The number of unbranched alkanes of at least 4 members (excludes halogenated alkanes) is 3. The van der Waals surface area contributed by atoms with Gasteiger partial charge in [-0.15, -0.1) is 12.6 Å². The molecule has 0 saturated carbocycles. The number of hydrogen-bond acceptors (Lipinski definition) is 4. The molecule has 0 amide bonds. The lowest BCUT2D eigenvalue weighted by atomic mass is 9.78. The zero-order valence-electron chi connectivity index (χ0n) is 17.9. The molecule has 2 rings (SSSR count). The lowest BCUT2D eigenvalue weighted by Crippen LogP contribution is -2.37. The first-order valence-electron chi connectivity index (χ1n) is 10.3. The predicted octanol–water partition coefficient (Wildman–Crippen LogP) is 5.95. The van der Waals surface area contributed by atoms with E-state index < -0.39 is 6.10 Å². The van der Waals surface area contributed by atoms with E-state index >= 15 is 0 Å². The highest BCUT2D eigenvalue weighted by molar-refractivity contribution is 7.80. The highest BCUT2D eigenvalue weighted by Gasteiger charge is 2.34. The second-order valence-electron chi connectivity index (χ2n) is 9.24. The van der Waals surface area contributed by atoms with Crippen LogP contribution in [0.15, 0.2) is 22.0 Å². The van der Waals surface area contributed by atoms with Crippen LogP contribution < -0.4 is 4.74 Å². The number of aliphatic hydroxyl groups excluding tert-OH is 1. The van der Waals surface area contributed by atoms with E-state index in [0.717, 1.165) is 34.8 Å². The van der Waals surface area contributed by atoms with Gasteiger partial charge in [-0.3, -0.25) is 4.99 Å². The number of aliphatic hydroxyl groups is 1. The first-order valence-corrected chi connectivity index (χ1v) is 10.8. The summed E-state index contributed by atoms with van der Waals surface area (Å²) >= 11 is 4.80. The highest BCUT2D eigenvalue weighted by Crippen LogP contribution is 2.41. The van der Waals surface area contributed by atoms with Crippen LogP contribution in [-0.4, -0.2) is 29.1 Å². The third-order valence-electron chi connectivity index (χ3n) is 5.33. The average molecular weight is 392 g/mol. The topological polar surface area (TPSA) is 41.8 Å². The van der Waals surface area contributed by atoms with Crippen LogP contribution >= 0.6 is 12.6 Å². The van der Waals surface area contributed by atoms with Crippen molar-refractivity contribution in [3.8, 4) is 5.75 Å². The molecule has 4 heteroatoms. The molecule has 0 saturated heterocycles. The summed E-state index contributed by atoms with van der Waals surface area (Å²) in [7, 11) is 0. The molecule has 1 aromatic rings. The van der Waals surface area contributed by atoms with Crippen molar-refractivity contribution in [3.05, 3.63) is 23.3 Å². The molecule has 0 radical (unpaired) electrons. The van der Waals surface area contributed by atoms with Crippen molar-refractivity contribution < 1.29 is 9.84 Å². The Hall–Kier alpha value is -1.00. The first-order chi connectivity index (χ1) is 12.6. The van der Waals surface area contributed by atoms with Crippen molar-refractivity contribution >= 4 is 18.3 Å². The van der Waals surface area contributed by atoms with Gasteiger partial charge in [0.2, 0.25) is 0 Å². The second-order valence-corrected chi connectivity index (χ2v) is 9.72. The van der Waals surface area contributed by atoms with Crippen molar-refractivity contribution in [2.24, 2.45) is 4.99 Å². The predicted molar refractivity (Wildman–Crippen MR) is 118 cm³/mol. The Bertz CT molecular complexity index is 677. The number of thiol groups is 1. The fourth-order valence-corrected chi connectivity index (χ4v) is 4.08. The number of hydrogen-bond donors (Lipinski definition) is 2. The molecule has 27 heavy (non-hydrogen) atoms. The third-order valence-corrected chi connectivity index (χ3v) is 5.69. The van der Waals surface area contributed by atoms with Crippen molar-refractivity contribution in [2.75, 3.05) is 6.54 Å². The zero-order chi connectivity index (χ0) is 20.2. The van der Waals surface area contributed by atoms with Gasteiger partial charge >= 0.3 is 0 Å². The number of benzene rings is 1. The summed E-state index contributed by atoms with van der Waals surface area (Å²) in [6.07, 6.45) is 6.53. The van der Waals surface area contributed by atoms with E-state index in [1.165, 1.54) is 31.2 Å². The van der Waals surface area contributed by atoms with E-state index in [1.54, 1.807) is 6.92 Å². The van der Waals surface area contributed by atoms with E-state index in [2.05, 4.69) is 51.7 Å². The fraction of sp³-hybridized carbons (Fsp3) is 0.696. The van der Waals surface area contributed by atoms with Gasteiger partial charge in [-0.2, -0.15) is 0 Å². The number of ether oxygens (including phenoxy) is 1. The van der Waals surface area contributed by atoms with Gasteiger partial charge in [-0.25, -0.2) is 0 Å². The lowest BCUT2D eigenvalue weighted by Gasteiger charge is -2.36. The number of aliphatic imine (C=N–C) groups is 1. The highest BCUT2D eigenvalue weighted by atomic mass is 32.1. The maximum absolute atomic E-state index is 9.64.